The highest BCUT2D eigenvalue weighted by Gasteiger charge is 2.16. The number of pyridine rings is 1. The summed E-state index contributed by atoms with van der Waals surface area (Å²) in [6.07, 6.45) is 7.03. The molecular formula is C20H19N7O3. The first kappa shape index (κ1) is 19.2. The van der Waals surface area contributed by atoms with Gasteiger partial charge in [-0.1, -0.05) is 0 Å². The lowest BCUT2D eigenvalue weighted by molar-refractivity contribution is -0.384. The molecule has 30 heavy (non-hydrogen) atoms. The quantitative estimate of drug-likeness (QED) is 0.400. The first-order valence-electron chi connectivity index (χ1n) is 9.19. The highest BCUT2D eigenvalue weighted by atomic mass is 16.6. The van der Waals surface area contributed by atoms with Gasteiger partial charge in [-0.25, -0.2) is 9.97 Å². The van der Waals surface area contributed by atoms with Crippen LogP contribution >= 0.6 is 0 Å². The number of fused-ring (bicyclic) bond motifs is 1. The zero-order valence-corrected chi connectivity index (χ0v) is 16.6. The van der Waals surface area contributed by atoms with Gasteiger partial charge in [0.05, 0.1) is 22.7 Å². The highest BCUT2D eigenvalue weighted by Crippen LogP contribution is 2.28. The second-order valence-corrected chi connectivity index (χ2v) is 7.01. The minimum absolute atomic E-state index is 0.0473. The van der Waals surface area contributed by atoms with Gasteiger partial charge in [0.15, 0.2) is 0 Å². The van der Waals surface area contributed by atoms with Crippen LogP contribution in [0.4, 0.5) is 11.4 Å². The fourth-order valence-corrected chi connectivity index (χ4v) is 3.26. The van der Waals surface area contributed by atoms with E-state index in [9.17, 15) is 14.9 Å². The standard InChI is InChI=1S/C20H19N7O3/c1-12(20-21-8-13(9-22-20)14-10-23-25(2)11-14)24-17-7-19(28)26(3)18-5-4-15(27(29)30)6-16(17)18/h4-12,24H,1-3H3. The van der Waals surface area contributed by atoms with Crippen LogP contribution in [-0.2, 0) is 14.1 Å². The summed E-state index contributed by atoms with van der Waals surface area (Å²) in [6, 6.07) is 5.50. The Labute approximate surface area is 171 Å². The molecule has 0 bridgehead atoms. The van der Waals surface area contributed by atoms with Crippen LogP contribution in [-0.4, -0.2) is 29.2 Å². The van der Waals surface area contributed by atoms with E-state index < -0.39 is 4.92 Å². The van der Waals surface area contributed by atoms with Crippen molar-refractivity contribution in [2.75, 3.05) is 5.32 Å². The summed E-state index contributed by atoms with van der Waals surface area (Å²) in [5, 5.41) is 19.1. The van der Waals surface area contributed by atoms with Gasteiger partial charge in [-0.05, 0) is 13.0 Å². The number of aromatic nitrogens is 5. The summed E-state index contributed by atoms with van der Waals surface area (Å²) >= 11 is 0. The van der Waals surface area contributed by atoms with Crippen molar-refractivity contribution < 1.29 is 4.92 Å². The second-order valence-electron chi connectivity index (χ2n) is 7.01. The van der Waals surface area contributed by atoms with Crippen molar-refractivity contribution in [3.8, 4) is 11.1 Å². The number of nitro benzene ring substituents is 1. The predicted molar refractivity (Wildman–Crippen MR) is 112 cm³/mol. The summed E-state index contributed by atoms with van der Waals surface area (Å²) in [5.41, 5.74) is 2.57. The Morgan fingerprint density at radius 1 is 1.10 bits per heavy atom. The van der Waals surface area contributed by atoms with Gasteiger partial charge in [0.2, 0.25) is 0 Å². The Kier molecular flexibility index (Phi) is 4.74. The molecule has 0 saturated carbocycles. The summed E-state index contributed by atoms with van der Waals surface area (Å²) in [7, 11) is 3.47. The van der Waals surface area contributed by atoms with E-state index in [4.69, 9.17) is 0 Å². The molecule has 10 heteroatoms. The normalized spacial score (nSPS) is 12.1. The molecule has 0 aliphatic heterocycles. The summed E-state index contributed by atoms with van der Waals surface area (Å²) < 4.78 is 3.15. The summed E-state index contributed by atoms with van der Waals surface area (Å²) in [6.45, 7) is 1.86. The lowest BCUT2D eigenvalue weighted by atomic mass is 10.1. The third-order valence-electron chi connectivity index (χ3n) is 4.91. The van der Waals surface area contributed by atoms with Crippen molar-refractivity contribution in [3.63, 3.8) is 0 Å². The number of nitro groups is 1. The third-order valence-corrected chi connectivity index (χ3v) is 4.91. The molecule has 4 aromatic rings. The fourth-order valence-electron chi connectivity index (χ4n) is 3.26. The lowest BCUT2D eigenvalue weighted by Crippen LogP contribution is -2.19. The minimum Gasteiger partial charge on any atom is -0.375 e. The highest BCUT2D eigenvalue weighted by molar-refractivity contribution is 5.93. The van der Waals surface area contributed by atoms with Crippen molar-refractivity contribution in [1.29, 1.82) is 0 Å². The van der Waals surface area contributed by atoms with Crippen molar-refractivity contribution in [2.45, 2.75) is 13.0 Å². The number of nitrogens with zero attached hydrogens (tertiary/aromatic N) is 6. The van der Waals surface area contributed by atoms with E-state index in [0.717, 1.165) is 11.1 Å². The summed E-state index contributed by atoms with van der Waals surface area (Å²) in [4.78, 5) is 31.9. The van der Waals surface area contributed by atoms with Crippen LogP contribution in [0.5, 0.6) is 0 Å². The average molecular weight is 405 g/mol. The molecule has 3 aromatic heterocycles. The van der Waals surface area contributed by atoms with E-state index in [1.54, 1.807) is 36.4 Å². The second kappa shape index (κ2) is 7.39. The number of non-ortho nitro benzene ring substituents is 1. The van der Waals surface area contributed by atoms with E-state index in [2.05, 4.69) is 20.4 Å². The van der Waals surface area contributed by atoms with Crippen molar-refractivity contribution in [1.82, 2.24) is 24.3 Å². The van der Waals surface area contributed by atoms with Crippen LogP contribution in [0.1, 0.15) is 18.8 Å². The molecule has 0 spiro atoms. The van der Waals surface area contributed by atoms with Crippen LogP contribution in [0.3, 0.4) is 0 Å². The predicted octanol–water partition coefficient (Wildman–Crippen LogP) is 2.81. The van der Waals surface area contributed by atoms with Gasteiger partial charge in [-0.15, -0.1) is 0 Å². The average Bonchev–Trinajstić information content (AvgIpc) is 3.17. The zero-order chi connectivity index (χ0) is 21.4. The molecule has 1 aromatic carbocycles. The number of hydrogen-bond acceptors (Lipinski definition) is 7. The molecule has 1 atom stereocenters. The SMILES string of the molecule is CC(Nc1cc(=O)n(C)c2ccc([N+](=O)[O-])cc12)c1ncc(-c2cnn(C)c2)cn1. The van der Waals surface area contributed by atoms with E-state index in [-0.39, 0.29) is 17.3 Å². The van der Waals surface area contributed by atoms with Crippen molar-refractivity contribution in [3.05, 3.63) is 75.3 Å². The molecule has 10 nitrogen and oxygen atoms in total. The van der Waals surface area contributed by atoms with Crippen LogP contribution in [0.15, 0.2) is 53.8 Å². The Bertz CT molecular complexity index is 1310. The number of rotatable bonds is 5. The molecule has 0 aliphatic carbocycles. The van der Waals surface area contributed by atoms with Crippen LogP contribution < -0.4 is 10.9 Å². The van der Waals surface area contributed by atoms with Gasteiger partial charge in [0.25, 0.3) is 11.2 Å². The van der Waals surface area contributed by atoms with Crippen LogP contribution in [0.2, 0.25) is 0 Å². The van der Waals surface area contributed by atoms with Gasteiger partial charge < -0.3 is 9.88 Å². The largest absolute Gasteiger partial charge is 0.375 e. The number of benzene rings is 1. The van der Waals surface area contributed by atoms with Gasteiger partial charge in [-0.2, -0.15) is 5.10 Å². The number of anilines is 1. The Morgan fingerprint density at radius 3 is 2.47 bits per heavy atom. The molecule has 0 fully saturated rings. The van der Waals surface area contributed by atoms with Gasteiger partial charge in [0, 0.05) is 73.1 Å². The maximum absolute atomic E-state index is 12.3. The molecule has 152 valence electrons. The zero-order valence-electron chi connectivity index (χ0n) is 16.6. The molecule has 3 heterocycles. The Morgan fingerprint density at radius 2 is 1.83 bits per heavy atom. The topological polar surface area (TPSA) is 121 Å². The Hall–Kier alpha value is -4.08. The van der Waals surface area contributed by atoms with Crippen LogP contribution in [0.25, 0.3) is 22.0 Å². The van der Waals surface area contributed by atoms with E-state index >= 15 is 0 Å². The minimum atomic E-state index is -0.460. The van der Waals surface area contributed by atoms with E-state index in [1.807, 2.05) is 20.2 Å². The third kappa shape index (κ3) is 3.50. The first-order valence-corrected chi connectivity index (χ1v) is 9.19. The maximum Gasteiger partial charge on any atom is 0.270 e. The maximum atomic E-state index is 12.3. The molecule has 1 N–H and O–H groups in total. The van der Waals surface area contributed by atoms with Gasteiger partial charge in [-0.3, -0.25) is 19.6 Å². The first-order chi connectivity index (χ1) is 14.3. The van der Waals surface area contributed by atoms with Crippen LogP contribution in [0, 0.1) is 10.1 Å². The lowest BCUT2D eigenvalue weighted by Gasteiger charge is -2.17. The van der Waals surface area contributed by atoms with Crippen molar-refractivity contribution >= 4 is 22.3 Å². The molecular weight excluding hydrogens is 386 g/mol. The molecule has 1 unspecified atom stereocenters. The van der Waals surface area contributed by atoms with Crippen molar-refractivity contribution in [2.24, 2.45) is 14.1 Å². The molecule has 4 rings (SSSR count). The van der Waals surface area contributed by atoms with Gasteiger partial charge >= 0.3 is 0 Å². The number of hydrogen-bond donors (Lipinski definition) is 1. The Balaban J connectivity index is 1.68. The number of nitrogens with one attached hydrogen (secondary N) is 1. The van der Waals surface area contributed by atoms with E-state index in [0.29, 0.717) is 22.4 Å². The van der Waals surface area contributed by atoms with E-state index in [1.165, 1.54) is 22.8 Å². The molecule has 0 saturated heterocycles. The van der Waals surface area contributed by atoms with Gasteiger partial charge in [0.1, 0.15) is 5.82 Å². The monoisotopic (exact) mass is 405 g/mol. The molecule has 0 aliphatic rings. The fraction of sp³-hybridized carbons (Fsp3) is 0.200. The smallest absolute Gasteiger partial charge is 0.270 e. The molecule has 0 radical (unpaired) electrons. The summed E-state index contributed by atoms with van der Waals surface area (Å²) in [5.74, 6) is 0.530. The molecule has 0 amide bonds. The number of aryl methyl sites for hydroxylation is 2.